The molecule has 3 heteroatoms. The van der Waals surface area contributed by atoms with Crippen molar-refractivity contribution in [3.05, 3.63) is 11.3 Å². The van der Waals surface area contributed by atoms with Crippen LogP contribution in [0.15, 0.2) is 11.3 Å². The molecule has 0 aliphatic rings. The van der Waals surface area contributed by atoms with Crippen LogP contribution in [0.3, 0.4) is 0 Å². The fourth-order valence-electron chi connectivity index (χ4n) is 0.227. The van der Waals surface area contributed by atoms with Crippen molar-refractivity contribution in [2.24, 2.45) is 0 Å². The van der Waals surface area contributed by atoms with Crippen LogP contribution in [0, 0.1) is 0 Å². The minimum absolute atomic E-state index is 1.71. The SMILES string of the molecule is b1bscc1. The normalized spacial score (nSPS) is 6.40. The molecule has 0 fully saturated rings. The van der Waals surface area contributed by atoms with Crippen molar-refractivity contribution in [2.75, 3.05) is 0 Å². The Bertz CT molecular complexity index is 64.1. The van der Waals surface area contributed by atoms with E-state index >= 15 is 0 Å². The molecule has 1 aromatic rings. The van der Waals surface area contributed by atoms with Crippen LogP contribution in [0.1, 0.15) is 0 Å². The van der Waals surface area contributed by atoms with Gasteiger partial charge in [-0.05, 0) is 0 Å². The van der Waals surface area contributed by atoms with Gasteiger partial charge in [0.15, 0.2) is 0 Å². The van der Waals surface area contributed by atoms with Gasteiger partial charge in [-0.2, -0.15) is 0 Å². The zero-order valence-corrected chi connectivity index (χ0v) is 3.53. The summed E-state index contributed by atoms with van der Waals surface area (Å²) in [6.07, 6.45) is 0. The van der Waals surface area contributed by atoms with Crippen molar-refractivity contribution in [3.8, 4) is 0 Å². The Hall–Kier alpha value is 0.0899. The van der Waals surface area contributed by atoms with Crippen molar-refractivity contribution < 1.29 is 0 Å². The fourth-order valence-corrected chi connectivity index (χ4v) is 0.680. The second-order valence-electron chi connectivity index (χ2n) is 0.793. The Morgan fingerprint density at radius 2 is 2.60 bits per heavy atom. The van der Waals surface area contributed by atoms with Gasteiger partial charge in [0.1, 0.15) is 0 Å². The van der Waals surface area contributed by atoms with E-state index in [0.717, 1.165) is 0 Å². The van der Waals surface area contributed by atoms with E-state index < -0.39 is 0 Å². The van der Waals surface area contributed by atoms with E-state index in [2.05, 4.69) is 0 Å². The van der Waals surface area contributed by atoms with Crippen LogP contribution >= 0.6 is 11.2 Å². The summed E-state index contributed by atoms with van der Waals surface area (Å²) in [6.45, 7) is 2.02. The van der Waals surface area contributed by atoms with Gasteiger partial charge >= 0.3 is 35.4 Å². The average molecular weight is 79.7 g/mol. The van der Waals surface area contributed by atoms with Gasteiger partial charge in [-0.3, -0.25) is 0 Å². The summed E-state index contributed by atoms with van der Waals surface area (Å²) < 4.78 is 0. The minimum atomic E-state index is 1.71. The first kappa shape index (κ1) is 3.29. The maximum atomic E-state index is 2.04. The van der Waals surface area contributed by atoms with Crippen LogP contribution < -0.4 is 0 Å². The third kappa shape index (κ3) is 0.690. The zero-order chi connectivity index (χ0) is 3.54. The van der Waals surface area contributed by atoms with Gasteiger partial charge in [-0.25, -0.2) is 0 Å². The molecule has 0 spiro atoms. The van der Waals surface area contributed by atoms with Gasteiger partial charge in [-0.1, -0.05) is 0 Å². The fraction of sp³-hybridized carbons (Fsp3) is 0. The molecule has 1 heterocycles. The third-order valence-electron chi connectivity index (χ3n) is 0.425. The molecule has 0 bridgehead atoms. The summed E-state index contributed by atoms with van der Waals surface area (Å²) >= 11 is 1.71. The first-order valence-corrected chi connectivity index (χ1v) is 2.41. The Morgan fingerprint density at radius 3 is 2.80 bits per heavy atom. The molecule has 0 aliphatic carbocycles. The Labute approximate surface area is 36.1 Å². The van der Waals surface area contributed by atoms with Gasteiger partial charge in [0, 0.05) is 0 Å². The molecule has 1 rings (SSSR count). The second-order valence-corrected chi connectivity index (χ2v) is 1.61. The molecule has 22 valence electrons. The van der Waals surface area contributed by atoms with Gasteiger partial charge in [0.25, 0.3) is 0 Å². The van der Waals surface area contributed by atoms with E-state index in [-0.39, 0.29) is 0 Å². The molecule has 0 saturated carbocycles. The monoisotopic (exact) mass is 80.0 g/mol. The van der Waals surface area contributed by atoms with Gasteiger partial charge < -0.3 is 0 Å². The van der Waals surface area contributed by atoms with Crippen LogP contribution in [0.25, 0.3) is 0 Å². The summed E-state index contributed by atoms with van der Waals surface area (Å²) in [5.41, 5.74) is 0. The first-order valence-electron chi connectivity index (χ1n) is 1.47. The number of rotatable bonds is 0. The van der Waals surface area contributed by atoms with E-state index in [1.165, 1.54) is 0 Å². The Morgan fingerprint density at radius 1 is 1.60 bits per heavy atom. The summed E-state index contributed by atoms with van der Waals surface area (Å²) in [5, 5.41) is 2.04. The van der Waals surface area contributed by atoms with Crippen molar-refractivity contribution in [1.82, 2.24) is 0 Å². The van der Waals surface area contributed by atoms with Gasteiger partial charge in [-0.15, -0.1) is 0 Å². The molecule has 1 aromatic heterocycles. The van der Waals surface area contributed by atoms with Crippen molar-refractivity contribution >= 4 is 24.0 Å². The van der Waals surface area contributed by atoms with E-state index in [4.69, 9.17) is 0 Å². The van der Waals surface area contributed by atoms with Crippen LogP contribution in [0.2, 0.25) is 0 Å². The number of hydrogen-bond donors (Lipinski definition) is 0. The van der Waals surface area contributed by atoms with Crippen LogP contribution in [-0.2, 0) is 0 Å². The average Bonchev–Trinajstić information content (AvgIpc) is 1.76. The standard InChI is InChI=1S/C2H2B2S/c1-2-5-4-3-1/h1-2H. The van der Waals surface area contributed by atoms with E-state index in [0.29, 0.717) is 0 Å². The predicted molar refractivity (Wildman–Crippen MR) is 27.0 cm³/mol. The molecule has 0 saturated heterocycles. The molecule has 0 radical (unpaired) electrons. The second kappa shape index (κ2) is 1.51. The van der Waals surface area contributed by atoms with E-state index in [9.17, 15) is 0 Å². The van der Waals surface area contributed by atoms with Gasteiger partial charge in [0.2, 0.25) is 0 Å². The molecule has 0 nitrogen and oxygen atoms in total. The third-order valence-corrected chi connectivity index (χ3v) is 1.05. The quantitative estimate of drug-likeness (QED) is 0.423. The Kier molecular flexibility index (Phi) is 0.991. The molecule has 0 atom stereocenters. The van der Waals surface area contributed by atoms with Crippen molar-refractivity contribution in [3.63, 3.8) is 0 Å². The summed E-state index contributed by atoms with van der Waals surface area (Å²) in [6, 6.07) is 2.04. The number of hydrogen-bond acceptors (Lipinski definition) is 1. The summed E-state index contributed by atoms with van der Waals surface area (Å²) in [5.74, 6) is 2.02. The maximum absolute atomic E-state index is 2.04. The summed E-state index contributed by atoms with van der Waals surface area (Å²) in [7, 11) is 0. The zero-order valence-electron chi connectivity index (χ0n) is 2.72. The molecule has 0 N–H and O–H groups in total. The topological polar surface area (TPSA) is 0 Å². The van der Waals surface area contributed by atoms with Gasteiger partial charge in [0.05, 0.1) is 0 Å². The van der Waals surface area contributed by atoms with Crippen molar-refractivity contribution in [1.29, 1.82) is 0 Å². The molecule has 0 amide bonds. The van der Waals surface area contributed by atoms with Crippen LogP contribution in [-0.4, -0.2) is 12.9 Å². The molecule has 0 aliphatic heterocycles. The first-order chi connectivity index (χ1) is 2.50. The molecule has 0 aromatic carbocycles. The predicted octanol–water partition coefficient (Wildman–Crippen LogP) is 0.424. The van der Waals surface area contributed by atoms with E-state index in [1.807, 2.05) is 24.2 Å². The molecule has 0 unspecified atom stereocenters. The van der Waals surface area contributed by atoms with Crippen LogP contribution in [0.4, 0.5) is 0 Å². The van der Waals surface area contributed by atoms with E-state index in [1.54, 1.807) is 11.2 Å². The molecular weight excluding hydrogens is 77.7 g/mol. The van der Waals surface area contributed by atoms with Crippen LogP contribution in [0.5, 0.6) is 0 Å². The summed E-state index contributed by atoms with van der Waals surface area (Å²) in [4.78, 5) is 0. The van der Waals surface area contributed by atoms with Crippen molar-refractivity contribution in [2.45, 2.75) is 0 Å². The molecule has 5 heavy (non-hydrogen) atoms. The Balaban J connectivity index is 3.13. The molecular formula is C2H2B2S.